The molecule has 2 heteroatoms. The van der Waals surface area contributed by atoms with Crippen LogP contribution in [-0.4, -0.2) is 26.1 Å². The van der Waals surface area contributed by atoms with Gasteiger partial charge in [0.2, 0.25) is 0 Å². The van der Waals surface area contributed by atoms with Crippen LogP contribution in [0.15, 0.2) is 4.99 Å². The van der Waals surface area contributed by atoms with Gasteiger partial charge in [0.15, 0.2) is 0 Å². The molecule has 0 aromatic heterocycles. The Morgan fingerprint density at radius 3 is 3.00 bits per heavy atom. The van der Waals surface area contributed by atoms with Crippen molar-refractivity contribution in [1.29, 1.82) is 0 Å². The van der Waals surface area contributed by atoms with E-state index in [0.29, 0.717) is 0 Å². The van der Waals surface area contributed by atoms with Gasteiger partial charge in [0.05, 0.1) is 0 Å². The van der Waals surface area contributed by atoms with Crippen molar-refractivity contribution < 1.29 is 0 Å². The van der Waals surface area contributed by atoms with Gasteiger partial charge in [-0.3, -0.25) is 0 Å². The molecule has 0 fully saturated rings. The Labute approximate surface area is 69.5 Å². The predicted molar refractivity (Wildman–Crippen MR) is 47.0 cm³/mol. The topological polar surface area (TPSA) is 12.4 Å². The molecular weight excluding hydrogens is 189 g/mol. The molecule has 1 aliphatic rings. The molecule has 0 atom stereocenters. The second-order valence-electron chi connectivity index (χ2n) is 2.58. The maximum atomic E-state index is 4.45. The van der Waals surface area contributed by atoms with Gasteiger partial charge < -0.3 is 0 Å². The fourth-order valence-electron chi connectivity index (χ4n) is 1.06. The number of aliphatic imine (C=N–C) groups is 1. The van der Waals surface area contributed by atoms with Gasteiger partial charge in [-0.25, -0.2) is 0 Å². The molecule has 1 heterocycles. The van der Waals surface area contributed by atoms with Gasteiger partial charge in [0.1, 0.15) is 0 Å². The Hall–Kier alpha value is 0.189. The summed E-state index contributed by atoms with van der Waals surface area (Å²) in [5.41, 5.74) is 0. The van der Waals surface area contributed by atoms with E-state index in [0.717, 1.165) is 21.5 Å². The zero-order valence-corrected chi connectivity index (χ0v) is 8.31. The van der Waals surface area contributed by atoms with Crippen LogP contribution in [0.3, 0.4) is 0 Å². The van der Waals surface area contributed by atoms with E-state index in [1.807, 2.05) is 0 Å². The molecule has 0 amide bonds. The summed E-state index contributed by atoms with van der Waals surface area (Å²) in [7, 11) is 0. The van der Waals surface area contributed by atoms with E-state index in [2.05, 4.69) is 11.9 Å². The fourth-order valence-corrected chi connectivity index (χ4v) is 2.92. The Morgan fingerprint density at radius 1 is 1.50 bits per heavy atom. The van der Waals surface area contributed by atoms with Crippen LogP contribution in [-0.2, 0) is 0 Å². The second kappa shape index (κ2) is 4.92. The summed E-state index contributed by atoms with van der Waals surface area (Å²) in [5, 5.41) is 1.37. The van der Waals surface area contributed by atoms with Crippen molar-refractivity contribution in [2.24, 2.45) is 4.99 Å². The molecule has 0 radical (unpaired) electrons. The van der Waals surface area contributed by atoms with E-state index in [4.69, 9.17) is 0 Å². The molecule has 0 bridgehead atoms. The molecule has 1 rings (SSSR count). The first-order valence-corrected chi connectivity index (χ1v) is 6.16. The van der Waals surface area contributed by atoms with Crippen molar-refractivity contribution in [3.63, 3.8) is 0 Å². The first-order valence-electron chi connectivity index (χ1n) is 4.09. The number of hydrogen-bond acceptors (Lipinski definition) is 1. The molecule has 10 heavy (non-hydrogen) atoms. The monoisotopic (exact) mass is 205 g/mol. The molecule has 0 saturated carbocycles. The second-order valence-corrected chi connectivity index (χ2v) is 5.03. The molecule has 0 N–H and O–H groups in total. The molecule has 58 valence electrons. The maximum absolute atomic E-state index is 4.45. The van der Waals surface area contributed by atoms with E-state index in [-0.39, 0.29) is 0 Å². The molecule has 0 aromatic rings. The Kier molecular flexibility index (Phi) is 4.08. The zero-order valence-electron chi connectivity index (χ0n) is 6.60. The Bertz CT molecular complexity index is 120. The van der Waals surface area contributed by atoms with Gasteiger partial charge in [-0.2, -0.15) is 0 Å². The van der Waals surface area contributed by atoms with Gasteiger partial charge >= 0.3 is 69.0 Å². The van der Waals surface area contributed by atoms with Crippen molar-refractivity contribution in [2.75, 3.05) is 6.54 Å². The summed E-state index contributed by atoms with van der Waals surface area (Å²) in [5.74, 6) is 0. The molecule has 1 nitrogen and oxygen atoms in total. The summed E-state index contributed by atoms with van der Waals surface area (Å²) in [6, 6.07) is 0. The van der Waals surface area contributed by atoms with Crippen molar-refractivity contribution >= 4 is 19.6 Å². The van der Waals surface area contributed by atoms with Crippen LogP contribution >= 0.6 is 0 Å². The molecule has 0 spiro atoms. The minimum atomic E-state index is 0.785. The Balaban J connectivity index is 2.01. The third-order valence-corrected chi connectivity index (χ3v) is 3.85. The number of unbranched alkanes of at least 4 members (excludes halogenated alkanes) is 2. The van der Waals surface area contributed by atoms with E-state index in [9.17, 15) is 0 Å². The van der Waals surface area contributed by atoms with E-state index in [1.165, 1.54) is 31.0 Å². The fraction of sp³-hybridized carbons (Fsp3) is 0.875. The minimum absolute atomic E-state index is 0.785. The summed E-state index contributed by atoms with van der Waals surface area (Å²) in [6.45, 7) is 3.38. The van der Waals surface area contributed by atoms with Gasteiger partial charge in [-0.05, 0) is 0 Å². The van der Waals surface area contributed by atoms with Crippen LogP contribution in [0.4, 0.5) is 0 Å². The third-order valence-electron chi connectivity index (χ3n) is 1.64. The van der Waals surface area contributed by atoms with Crippen LogP contribution in [0.1, 0.15) is 32.6 Å². The van der Waals surface area contributed by atoms with Gasteiger partial charge in [-0.1, -0.05) is 0 Å². The SMILES string of the molecule is CCCCCC1=NCC[Se]1. The molecular formula is C8H15NSe. The van der Waals surface area contributed by atoms with Gasteiger partial charge in [0, 0.05) is 0 Å². The van der Waals surface area contributed by atoms with E-state index < -0.39 is 0 Å². The number of nitrogens with zero attached hydrogens (tertiary/aromatic N) is 1. The zero-order chi connectivity index (χ0) is 7.23. The normalized spacial score (nSPS) is 17.5. The Morgan fingerprint density at radius 2 is 2.40 bits per heavy atom. The first kappa shape index (κ1) is 8.29. The summed E-state index contributed by atoms with van der Waals surface area (Å²) >= 11 is 0.785. The van der Waals surface area contributed by atoms with Crippen molar-refractivity contribution in [2.45, 2.75) is 37.9 Å². The van der Waals surface area contributed by atoms with Crippen LogP contribution in [0, 0.1) is 0 Å². The average molecular weight is 204 g/mol. The summed E-state index contributed by atoms with van der Waals surface area (Å²) < 4.78 is 1.54. The van der Waals surface area contributed by atoms with Crippen LogP contribution in [0.25, 0.3) is 0 Å². The van der Waals surface area contributed by atoms with E-state index >= 15 is 0 Å². The average Bonchev–Trinajstić information content (AvgIpc) is 2.41. The van der Waals surface area contributed by atoms with Crippen molar-refractivity contribution in [1.82, 2.24) is 0 Å². The van der Waals surface area contributed by atoms with Crippen LogP contribution in [0.2, 0.25) is 5.32 Å². The van der Waals surface area contributed by atoms with Crippen LogP contribution in [0.5, 0.6) is 0 Å². The quantitative estimate of drug-likeness (QED) is 0.491. The summed E-state index contributed by atoms with van der Waals surface area (Å²) in [4.78, 5) is 4.45. The summed E-state index contributed by atoms with van der Waals surface area (Å²) in [6.07, 6.45) is 5.39. The molecule has 0 aromatic carbocycles. The number of rotatable bonds is 4. The predicted octanol–water partition coefficient (Wildman–Crippen LogP) is 2.10. The van der Waals surface area contributed by atoms with Gasteiger partial charge in [-0.15, -0.1) is 0 Å². The van der Waals surface area contributed by atoms with Crippen molar-refractivity contribution in [3.05, 3.63) is 0 Å². The van der Waals surface area contributed by atoms with Crippen LogP contribution < -0.4 is 0 Å². The third kappa shape index (κ3) is 2.85. The first-order chi connectivity index (χ1) is 4.93. The number of hydrogen-bond donors (Lipinski definition) is 0. The van der Waals surface area contributed by atoms with E-state index in [1.54, 1.807) is 4.61 Å². The van der Waals surface area contributed by atoms with Crippen molar-refractivity contribution in [3.8, 4) is 0 Å². The molecule has 0 saturated heterocycles. The molecule has 1 aliphatic heterocycles. The standard InChI is InChI=1S/C8H15NSe/c1-2-3-4-5-8-9-6-7-10-8/h2-7H2,1H3. The molecule has 0 unspecified atom stereocenters. The molecule has 0 aliphatic carbocycles. The van der Waals surface area contributed by atoms with Gasteiger partial charge in [0.25, 0.3) is 0 Å².